The van der Waals surface area contributed by atoms with Gasteiger partial charge in [0.2, 0.25) is 0 Å². The van der Waals surface area contributed by atoms with E-state index in [4.69, 9.17) is 4.74 Å². The average Bonchev–Trinajstić information content (AvgIpc) is 2.91. The van der Waals surface area contributed by atoms with Crippen molar-refractivity contribution in [3.05, 3.63) is 34.3 Å². The molecule has 3 atom stereocenters. The van der Waals surface area contributed by atoms with E-state index in [1.807, 2.05) is 24.3 Å². The first-order chi connectivity index (χ1) is 8.22. The summed E-state index contributed by atoms with van der Waals surface area (Å²) in [5.41, 5.74) is 0.705. The van der Waals surface area contributed by atoms with Crippen molar-refractivity contribution >= 4 is 21.8 Å². The molecule has 1 amide bonds. The van der Waals surface area contributed by atoms with Crippen molar-refractivity contribution in [2.24, 2.45) is 0 Å². The fraction of sp³-hybridized carbons (Fsp3) is 0.462. The minimum atomic E-state index is -0.00125. The van der Waals surface area contributed by atoms with Crippen LogP contribution in [-0.2, 0) is 4.74 Å². The lowest BCUT2D eigenvalue weighted by Crippen LogP contribution is -2.41. The molecule has 0 spiro atoms. The molecule has 3 nitrogen and oxygen atoms in total. The lowest BCUT2D eigenvalue weighted by molar-refractivity contribution is 0.0841. The van der Waals surface area contributed by atoms with Crippen molar-refractivity contribution in [3.8, 4) is 0 Å². The van der Waals surface area contributed by atoms with E-state index in [1.54, 1.807) is 0 Å². The van der Waals surface area contributed by atoms with Gasteiger partial charge in [-0.1, -0.05) is 15.9 Å². The van der Waals surface area contributed by atoms with E-state index in [-0.39, 0.29) is 18.1 Å². The summed E-state index contributed by atoms with van der Waals surface area (Å²) in [7, 11) is 0. The standard InChI is InChI=1S/C13H14BrNO2/c14-9-3-1-8(2-4-9)13(16)15-11-7-10-5-6-12(11)17-10/h1-4,10-12H,5-7H2,(H,15,16). The van der Waals surface area contributed by atoms with E-state index in [9.17, 15) is 4.79 Å². The van der Waals surface area contributed by atoms with Crippen LogP contribution in [0.1, 0.15) is 29.6 Å². The molecule has 2 aliphatic heterocycles. The summed E-state index contributed by atoms with van der Waals surface area (Å²) >= 11 is 3.36. The Bertz CT molecular complexity index is 432. The molecule has 0 aromatic heterocycles. The molecule has 3 rings (SSSR count). The number of benzene rings is 1. The number of carbonyl (C=O) groups is 1. The molecule has 2 fully saturated rings. The highest BCUT2D eigenvalue weighted by Gasteiger charge is 2.41. The zero-order valence-corrected chi connectivity index (χ0v) is 10.9. The monoisotopic (exact) mass is 295 g/mol. The summed E-state index contributed by atoms with van der Waals surface area (Å²) in [5, 5.41) is 3.07. The fourth-order valence-corrected chi connectivity index (χ4v) is 2.91. The van der Waals surface area contributed by atoms with Gasteiger partial charge in [0.25, 0.3) is 5.91 Å². The number of fused-ring (bicyclic) bond motifs is 2. The molecule has 90 valence electrons. The molecular weight excluding hydrogens is 282 g/mol. The summed E-state index contributed by atoms with van der Waals surface area (Å²) in [6, 6.07) is 7.62. The van der Waals surface area contributed by atoms with Gasteiger partial charge in [-0.25, -0.2) is 0 Å². The van der Waals surface area contributed by atoms with Crippen LogP contribution in [0.5, 0.6) is 0 Å². The second-order valence-electron chi connectivity index (χ2n) is 4.70. The number of hydrogen-bond acceptors (Lipinski definition) is 2. The highest BCUT2D eigenvalue weighted by atomic mass is 79.9. The molecular formula is C13H14BrNO2. The zero-order chi connectivity index (χ0) is 11.8. The lowest BCUT2D eigenvalue weighted by Gasteiger charge is -2.19. The van der Waals surface area contributed by atoms with Crippen LogP contribution in [0.3, 0.4) is 0 Å². The van der Waals surface area contributed by atoms with Gasteiger partial charge in [-0.05, 0) is 43.5 Å². The molecule has 0 aliphatic carbocycles. The van der Waals surface area contributed by atoms with Crippen LogP contribution in [0.15, 0.2) is 28.7 Å². The van der Waals surface area contributed by atoms with Crippen molar-refractivity contribution in [3.63, 3.8) is 0 Å². The third kappa shape index (κ3) is 2.24. The van der Waals surface area contributed by atoms with E-state index in [1.165, 1.54) is 0 Å². The Balaban J connectivity index is 1.65. The van der Waals surface area contributed by atoms with Gasteiger partial charge in [-0.15, -0.1) is 0 Å². The van der Waals surface area contributed by atoms with E-state index in [2.05, 4.69) is 21.2 Å². The van der Waals surface area contributed by atoms with Gasteiger partial charge < -0.3 is 10.1 Å². The first-order valence-corrected chi connectivity index (χ1v) is 6.73. The number of hydrogen-bond donors (Lipinski definition) is 1. The number of halogens is 1. The van der Waals surface area contributed by atoms with Crippen LogP contribution >= 0.6 is 15.9 Å². The van der Waals surface area contributed by atoms with Crippen LogP contribution in [-0.4, -0.2) is 24.2 Å². The van der Waals surface area contributed by atoms with Gasteiger partial charge in [0.1, 0.15) is 0 Å². The first kappa shape index (κ1) is 11.2. The molecule has 3 unspecified atom stereocenters. The maximum atomic E-state index is 12.0. The van der Waals surface area contributed by atoms with E-state index >= 15 is 0 Å². The third-order valence-corrected chi connectivity index (χ3v) is 4.06. The van der Waals surface area contributed by atoms with Crippen LogP contribution in [0.2, 0.25) is 0 Å². The molecule has 1 N–H and O–H groups in total. The molecule has 17 heavy (non-hydrogen) atoms. The lowest BCUT2D eigenvalue weighted by atomic mass is 9.95. The molecule has 0 saturated carbocycles. The van der Waals surface area contributed by atoms with E-state index in [0.717, 1.165) is 23.7 Å². The summed E-state index contributed by atoms with van der Waals surface area (Å²) in [6.07, 6.45) is 3.80. The Labute approximate surface area is 109 Å². The zero-order valence-electron chi connectivity index (χ0n) is 9.36. The maximum Gasteiger partial charge on any atom is 0.251 e. The predicted octanol–water partition coefficient (Wildman–Crippen LogP) is 2.50. The average molecular weight is 296 g/mol. The molecule has 1 aromatic carbocycles. The van der Waals surface area contributed by atoms with Crippen LogP contribution in [0.4, 0.5) is 0 Å². The minimum Gasteiger partial charge on any atom is -0.373 e. The normalized spacial score (nSPS) is 30.5. The second kappa shape index (κ2) is 4.42. The number of nitrogens with one attached hydrogen (secondary N) is 1. The quantitative estimate of drug-likeness (QED) is 0.910. The first-order valence-electron chi connectivity index (χ1n) is 5.94. The Kier molecular flexibility index (Phi) is 2.92. The van der Waals surface area contributed by atoms with Crippen molar-refractivity contribution in [1.29, 1.82) is 0 Å². The van der Waals surface area contributed by atoms with Gasteiger partial charge >= 0.3 is 0 Å². The molecule has 2 aliphatic rings. The SMILES string of the molecule is O=C(NC1CC2CCC1O2)c1ccc(Br)cc1. The Morgan fingerprint density at radius 2 is 2.06 bits per heavy atom. The minimum absolute atomic E-state index is 0.00125. The van der Waals surface area contributed by atoms with Crippen molar-refractivity contribution in [2.45, 2.75) is 37.5 Å². The predicted molar refractivity (Wildman–Crippen MR) is 67.9 cm³/mol. The van der Waals surface area contributed by atoms with Crippen molar-refractivity contribution in [1.82, 2.24) is 5.32 Å². The van der Waals surface area contributed by atoms with Gasteiger partial charge in [0.05, 0.1) is 18.2 Å². The smallest absolute Gasteiger partial charge is 0.251 e. The summed E-state index contributed by atoms with van der Waals surface area (Å²) in [6.45, 7) is 0. The highest BCUT2D eigenvalue weighted by Crippen LogP contribution is 2.34. The largest absolute Gasteiger partial charge is 0.373 e. The topological polar surface area (TPSA) is 38.3 Å². The van der Waals surface area contributed by atoms with Crippen LogP contribution in [0.25, 0.3) is 0 Å². The molecule has 4 heteroatoms. The van der Waals surface area contributed by atoms with E-state index in [0.29, 0.717) is 11.7 Å². The van der Waals surface area contributed by atoms with Crippen molar-refractivity contribution in [2.75, 3.05) is 0 Å². The molecule has 2 heterocycles. The number of rotatable bonds is 2. The molecule has 1 aromatic rings. The molecule has 2 saturated heterocycles. The number of amides is 1. The molecule has 0 radical (unpaired) electrons. The highest BCUT2D eigenvalue weighted by molar-refractivity contribution is 9.10. The van der Waals surface area contributed by atoms with Crippen molar-refractivity contribution < 1.29 is 9.53 Å². The number of carbonyl (C=O) groups excluding carboxylic acids is 1. The Morgan fingerprint density at radius 3 is 2.65 bits per heavy atom. The molecule has 2 bridgehead atoms. The summed E-state index contributed by atoms with van der Waals surface area (Å²) in [4.78, 5) is 12.0. The van der Waals surface area contributed by atoms with Crippen LogP contribution in [0, 0.1) is 0 Å². The maximum absolute atomic E-state index is 12.0. The van der Waals surface area contributed by atoms with Crippen LogP contribution < -0.4 is 5.32 Å². The Hall–Kier alpha value is -0.870. The van der Waals surface area contributed by atoms with Gasteiger partial charge in [-0.2, -0.15) is 0 Å². The summed E-state index contributed by atoms with van der Waals surface area (Å²) in [5.74, 6) is -0.00125. The summed E-state index contributed by atoms with van der Waals surface area (Å²) < 4.78 is 6.70. The van der Waals surface area contributed by atoms with E-state index < -0.39 is 0 Å². The van der Waals surface area contributed by atoms with Gasteiger partial charge in [0, 0.05) is 10.0 Å². The van der Waals surface area contributed by atoms with Gasteiger partial charge in [-0.3, -0.25) is 4.79 Å². The number of ether oxygens (including phenoxy) is 1. The fourth-order valence-electron chi connectivity index (χ4n) is 2.64. The third-order valence-electron chi connectivity index (χ3n) is 3.53. The second-order valence-corrected chi connectivity index (χ2v) is 5.61. The Morgan fingerprint density at radius 1 is 1.29 bits per heavy atom. The van der Waals surface area contributed by atoms with Gasteiger partial charge in [0.15, 0.2) is 0 Å².